The van der Waals surface area contributed by atoms with Gasteiger partial charge in [0.1, 0.15) is 0 Å². The van der Waals surface area contributed by atoms with E-state index in [2.05, 4.69) is 0 Å². The predicted molar refractivity (Wildman–Crippen MR) is 207 cm³/mol. The molecule has 4 bridgehead atoms. The van der Waals surface area contributed by atoms with Gasteiger partial charge in [0.2, 0.25) is 0 Å². The predicted octanol–water partition coefficient (Wildman–Crippen LogP) is 7.57. The molecule has 0 amide bonds. The Morgan fingerprint density at radius 2 is 0.577 bits per heavy atom. The zero-order valence-electron chi connectivity index (χ0n) is 34.4. The number of ether oxygens (including phenoxy) is 3. The molecule has 0 spiro atoms. The van der Waals surface area contributed by atoms with Crippen LogP contribution in [-0.4, -0.2) is 122 Å². The first-order chi connectivity index (χ1) is 25.1. The zero-order chi connectivity index (χ0) is 38.0. The zero-order valence-corrected chi connectivity index (χ0v) is 37.4. The summed E-state index contributed by atoms with van der Waals surface area (Å²) in [5.74, 6) is 0.479. The van der Waals surface area contributed by atoms with E-state index in [1.807, 2.05) is 62.3 Å². The van der Waals surface area contributed by atoms with E-state index in [-0.39, 0.29) is 16.8 Å². The fourth-order valence-electron chi connectivity index (χ4n) is 9.40. The highest BCUT2D eigenvalue weighted by molar-refractivity contribution is 6.61. The molecule has 4 saturated carbocycles. The molecular weight excluding hydrogens is 721 g/mol. The average Bonchev–Trinajstić information content (AvgIpc) is 3.08. The van der Waals surface area contributed by atoms with E-state index in [0.29, 0.717) is 85.2 Å². The van der Waals surface area contributed by atoms with Gasteiger partial charge in [0.15, 0.2) is 0 Å². The maximum absolute atomic E-state index is 7.02. The largest absolute Gasteiger partial charge is 0.501 e. The third kappa shape index (κ3) is 13.1. The summed E-state index contributed by atoms with van der Waals surface area (Å²) in [7, 11) is -8.24. The molecule has 0 saturated heterocycles. The minimum Gasteiger partial charge on any atom is -0.375 e. The first kappa shape index (κ1) is 46.6. The van der Waals surface area contributed by atoms with E-state index in [1.54, 1.807) is 0 Å². The Morgan fingerprint density at radius 1 is 0.365 bits per heavy atom. The lowest BCUT2D eigenvalue weighted by Crippen LogP contribution is -2.68. The standard InChI is InChI=1S/C37H76O12Si3/c1-10-41-50(42-11-2,43-12-3)25-19-22-38-35-28-34-29-36(31-35,39-23-20-26-51(44-13-4,45-14-5)46-15-6)33-37(30-34,32-35)40-24-21-27-52(47-16-7,48-17-8)49-18-9/h34H,10-33H2,1-9H3. The van der Waals surface area contributed by atoms with E-state index in [1.165, 1.54) is 0 Å². The van der Waals surface area contributed by atoms with Gasteiger partial charge in [-0.15, -0.1) is 0 Å². The molecule has 0 heterocycles. The van der Waals surface area contributed by atoms with Crippen LogP contribution in [0.5, 0.6) is 0 Å². The lowest BCUT2D eigenvalue weighted by molar-refractivity contribution is -0.290. The van der Waals surface area contributed by atoms with Gasteiger partial charge in [-0.25, -0.2) is 0 Å². The summed E-state index contributed by atoms with van der Waals surface area (Å²) in [5, 5.41) is 0. The lowest BCUT2D eigenvalue weighted by atomic mass is 9.50. The van der Waals surface area contributed by atoms with Crippen molar-refractivity contribution in [3.8, 4) is 0 Å². The fraction of sp³-hybridized carbons (Fsp3) is 1.00. The SMILES string of the molecule is CCO[Si](CCCOC12CC3CC(OCCC[Si](OCC)(OCC)OCC)(C1)CC(OCCC[Si](OCC)(OCC)OCC)(C3)C2)(OCC)OCC. The second-order valence-electron chi connectivity index (χ2n) is 14.4. The molecule has 4 aliphatic carbocycles. The second-order valence-corrected chi connectivity index (χ2v) is 22.6. The van der Waals surface area contributed by atoms with E-state index in [9.17, 15) is 0 Å². The highest BCUT2D eigenvalue weighted by Crippen LogP contribution is 2.63. The van der Waals surface area contributed by atoms with Gasteiger partial charge >= 0.3 is 26.4 Å². The summed E-state index contributed by atoms with van der Waals surface area (Å²) in [6, 6.07) is 2.21. The molecule has 0 radical (unpaired) electrons. The lowest BCUT2D eigenvalue weighted by Gasteiger charge is -2.65. The third-order valence-corrected chi connectivity index (χ3v) is 19.8. The van der Waals surface area contributed by atoms with Crippen LogP contribution in [0.25, 0.3) is 0 Å². The summed E-state index contributed by atoms with van der Waals surface area (Å²) >= 11 is 0. The fourth-order valence-corrected chi connectivity index (χ4v) is 17.1. The van der Waals surface area contributed by atoms with Crippen molar-refractivity contribution in [2.75, 3.05) is 79.3 Å². The van der Waals surface area contributed by atoms with Crippen LogP contribution in [0.1, 0.15) is 120 Å². The van der Waals surface area contributed by atoms with E-state index < -0.39 is 26.4 Å². The van der Waals surface area contributed by atoms with Crippen LogP contribution in [0.15, 0.2) is 0 Å². The Morgan fingerprint density at radius 3 is 0.769 bits per heavy atom. The normalized spacial score (nSPS) is 26.1. The maximum Gasteiger partial charge on any atom is 0.501 e. The molecule has 0 atom stereocenters. The molecule has 4 rings (SSSR count). The first-order valence-corrected chi connectivity index (χ1v) is 26.5. The van der Waals surface area contributed by atoms with Crippen molar-refractivity contribution in [1.82, 2.24) is 0 Å². The topological polar surface area (TPSA) is 111 Å². The molecule has 52 heavy (non-hydrogen) atoms. The maximum atomic E-state index is 7.02. The van der Waals surface area contributed by atoms with Gasteiger partial charge in [-0.2, -0.15) is 0 Å². The van der Waals surface area contributed by atoms with Crippen molar-refractivity contribution >= 4 is 26.4 Å². The molecule has 308 valence electrons. The van der Waals surface area contributed by atoms with Crippen LogP contribution < -0.4 is 0 Å². The van der Waals surface area contributed by atoms with Crippen molar-refractivity contribution < 1.29 is 54.0 Å². The summed E-state index contributed by atoms with van der Waals surface area (Å²) in [4.78, 5) is 0. The van der Waals surface area contributed by atoms with Gasteiger partial charge in [-0.1, -0.05) is 0 Å². The molecule has 4 fully saturated rings. The number of rotatable bonds is 33. The Labute approximate surface area is 319 Å². The number of hydrogen-bond acceptors (Lipinski definition) is 12. The molecule has 0 unspecified atom stereocenters. The highest BCUT2D eigenvalue weighted by Gasteiger charge is 2.65. The van der Waals surface area contributed by atoms with Gasteiger partial charge < -0.3 is 54.0 Å². The Balaban J connectivity index is 1.75. The molecule has 0 aromatic rings. The Kier molecular flexibility index (Phi) is 20.4. The van der Waals surface area contributed by atoms with Crippen molar-refractivity contribution in [1.29, 1.82) is 0 Å². The van der Waals surface area contributed by atoms with Crippen molar-refractivity contribution in [3.63, 3.8) is 0 Å². The Hall–Kier alpha value is 0.171. The van der Waals surface area contributed by atoms with E-state index in [0.717, 1.165) is 75.9 Å². The van der Waals surface area contributed by atoms with Gasteiger partial charge in [0, 0.05) is 117 Å². The van der Waals surface area contributed by atoms with Crippen molar-refractivity contribution in [3.05, 3.63) is 0 Å². The monoisotopic (exact) mass is 796 g/mol. The van der Waals surface area contributed by atoms with Gasteiger partial charge in [0.25, 0.3) is 0 Å². The quantitative estimate of drug-likeness (QED) is 0.0483. The summed E-state index contributed by atoms with van der Waals surface area (Å²) in [6.45, 7) is 25.1. The molecule has 0 aromatic heterocycles. The average molecular weight is 797 g/mol. The highest BCUT2D eigenvalue weighted by atomic mass is 28.4. The smallest absolute Gasteiger partial charge is 0.375 e. The van der Waals surface area contributed by atoms with Crippen molar-refractivity contribution in [2.45, 2.75) is 155 Å². The van der Waals surface area contributed by atoms with Crippen LogP contribution in [-0.2, 0) is 54.0 Å². The summed E-state index contributed by atoms with van der Waals surface area (Å²) in [5.41, 5.74) is -0.895. The first-order valence-electron chi connectivity index (χ1n) is 20.7. The Bertz CT molecular complexity index is 802. The summed E-state index contributed by atoms with van der Waals surface area (Å²) in [6.07, 6.45) is 8.22. The van der Waals surface area contributed by atoms with Crippen LogP contribution in [0.4, 0.5) is 0 Å². The minimum atomic E-state index is -2.75. The van der Waals surface area contributed by atoms with Gasteiger partial charge in [-0.3, -0.25) is 0 Å². The third-order valence-electron chi connectivity index (χ3n) is 10.3. The molecule has 0 N–H and O–H groups in total. The molecule has 12 nitrogen and oxygen atoms in total. The molecule has 0 aliphatic heterocycles. The van der Waals surface area contributed by atoms with Crippen LogP contribution in [0, 0.1) is 5.92 Å². The molecule has 0 aromatic carbocycles. The number of hydrogen-bond donors (Lipinski definition) is 0. The van der Waals surface area contributed by atoms with Crippen LogP contribution >= 0.6 is 0 Å². The van der Waals surface area contributed by atoms with E-state index >= 15 is 0 Å². The second kappa shape index (κ2) is 22.8. The van der Waals surface area contributed by atoms with Gasteiger partial charge in [-0.05, 0) is 107 Å². The van der Waals surface area contributed by atoms with Crippen molar-refractivity contribution in [2.24, 2.45) is 5.92 Å². The summed E-state index contributed by atoms with van der Waals surface area (Å²) < 4.78 is 76.3. The van der Waals surface area contributed by atoms with Crippen LogP contribution in [0.2, 0.25) is 18.1 Å². The van der Waals surface area contributed by atoms with Crippen LogP contribution in [0.3, 0.4) is 0 Å². The van der Waals surface area contributed by atoms with Gasteiger partial charge in [0.05, 0.1) is 16.8 Å². The molecule has 4 aliphatic rings. The van der Waals surface area contributed by atoms with E-state index in [4.69, 9.17) is 54.0 Å². The molecule has 15 heteroatoms. The molecular formula is C37H76O12Si3. The minimum absolute atomic E-state index is 0.298.